The number of nitrogens with zero attached hydrogens (tertiary/aromatic N) is 2. The standard InChI is InChI=1S/C25H22N4O2/c1-16(2)31-23-13-12-21(20-5-4-14-26-15-20)29-24(23)19-9-6-18(7-10-19)8-11-22-25(30)28-17(3)27-22/h4-7,9-10,12-16,22,27H,3H2,1-2H3,(H,28,30). The maximum atomic E-state index is 11.8. The van der Waals surface area contributed by atoms with Gasteiger partial charge in [-0.15, -0.1) is 0 Å². The Morgan fingerprint density at radius 2 is 1.90 bits per heavy atom. The molecule has 0 aliphatic carbocycles. The smallest absolute Gasteiger partial charge is 0.260 e. The van der Waals surface area contributed by atoms with Crippen LogP contribution in [-0.2, 0) is 4.79 Å². The van der Waals surface area contributed by atoms with Gasteiger partial charge in [0.1, 0.15) is 11.4 Å². The van der Waals surface area contributed by atoms with E-state index in [0.29, 0.717) is 11.6 Å². The summed E-state index contributed by atoms with van der Waals surface area (Å²) in [6.45, 7) is 7.65. The molecule has 154 valence electrons. The van der Waals surface area contributed by atoms with E-state index >= 15 is 0 Å². The lowest BCUT2D eigenvalue weighted by molar-refractivity contribution is -0.119. The van der Waals surface area contributed by atoms with Gasteiger partial charge in [0, 0.05) is 29.1 Å². The average molecular weight is 410 g/mol. The second-order valence-corrected chi connectivity index (χ2v) is 7.34. The Labute approximate surface area is 181 Å². The van der Waals surface area contributed by atoms with Gasteiger partial charge in [-0.05, 0) is 50.2 Å². The highest BCUT2D eigenvalue weighted by molar-refractivity contribution is 5.89. The first-order chi connectivity index (χ1) is 15.0. The van der Waals surface area contributed by atoms with Crippen LogP contribution in [0.3, 0.4) is 0 Å². The van der Waals surface area contributed by atoms with Crippen LogP contribution >= 0.6 is 0 Å². The van der Waals surface area contributed by atoms with Gasteiger partial charge in [-0.25, -0.2) is 4.98 Å². The van der Waals surface area contributed by atoms with Crippen LogP contribution in [0.15, 0.2) is 73.3 Å². The van der Waals surface area contributed by atoms with Crippen molar-refractivity contribution in [1.82, 2.24) is 20.6 Å². The molecular weight excluding hydrogens is 388 g/mol. The summed E-state index contributed by atoms with van der Waals surface area (Å²) in [4.78, 5) is 20.8. The zero-order valence-electron chi connectivity index (χ0n) is 17.3. The molecule has 3 aromatic rings. The molecular formula is C25H22N4O2. The van der Waals surface area contributed by atoms with Gasteiger partial charge in [0.2, 0.25) is 0 Å². The lowest BCUT2D eigenvalue weighted by Gasteiger charge is -2.15. The molecule has 2 aromatic heterocycles. The number of aromatic nitrogens is 2. The summed E-state index contributed by atoms with van der Waals surface area (Å²) in [5.41, 5.74) is 4.22. The van der Waals surface area contributed by atoms with Crippen molar-refractivity contribution in [2.75, 3.05) is 0 Å². The second-order valence-electron chi connectivity index (χ2n) is 7.34. The summed E-state index contributed by atoms with van der Waals surface area (Å²) in [5.74, 6) is 6.94. The first kappa shape index (κ1) is 20.2. The highest BCUT2D eigenvalue weighted by Gasteiger charge is 2.23. The third-order valence-corrected chi connectivity index (χ3v) is 4.55. The molecule has 1 atom stereocenters. The number of amides is 1. The van der Waals surface area contributed by atoms with Crippen LogP contribution in [0.5, 0.6) is 5.75 Å². The number of carbonyl (C=O) groups is 1. The largest absolute Gasteiger partial charge is 0.489 e. The van der Waals surface area contributed by atoms with Crippen molar-refractivity contribution in [3.8, 4) is 40.1 Å². The highest BCUT2D eigenvalue weighted by atomic mass is 16.5. The van der Waals surface area contributed by atoms with Crippen molar-refractivity contribution < 1.29 is 9.53 Å². The fourth-order valence-electron chi connectivity index (χ4n) is 3.14. The van der Waals surface area contributed by atoms with Gasteiger partial charge >= 0.3 is 0 Å². The van der Waals surface area contributed by atoms with Crippen LogP contribution < -0.4 is 15.4 Å². The third kappa shape index (κ3) is 4.73. The van der Waals surface area contributed by atoms with Gasteiger partial charge in [0.05, 0.1) is 17.6 Å². The zero-order chi connectivity index (χ0) is 21.8. The normalized spacial score (nSPS) is 15.1. The van der Waals surface area contributed by atoms with E-state index in [4.69, 9.17) is 9.72 Å². The minimum Gasteiger partial charge on any atom is -0.489 e. The number of nitrogens with one attached hydrogen (secondary N) is 2. The molecule has 0 spiro atoms. The van der Waals surface area contributed by atoms with E-state index in [0.717, 1.165) is 28.1 Å². The van der Waals surface area contributed by atoms with Crippen LogP contribution in [-0.4, -0.2) is 28.0 Å². The first-order valence-corrected chi connectivity index (χ1v) is 9.96. The number of ether oxygens (including phenoxy) is 1. The monoisotopic (exact) mass is 410 g/mol. The Morgan fingerprint density at radius 1 is 1.10 bits per heavy atom. The summed E-state index contributed by atoms with van der Waals surface area (Å²) >= 11 is 0. The van der Waals surface area contributed by atoms with Crippen LogP contribution in [0.25, 0.3) is 22.5 Å². The van der Waals surface area contributed by atoms with E-state index in [-0.39, 0.29) is 12.0 Å². The molecule has 1 aliphatic rings. The molecule has 6 nitrogen and oxygen atoms in total. The molecule has 3 heterocycles. The number of benzene rings is 1. The van der Waals surface area contributed by atoms with E-state index in [1.807, 2.05) is 62.4 Å². The van der Waals surface area contributed by atoms with Gasteiger partial charge in [0.25, 0.3) is 5.91 Å². The molecule has 1 fully saturated rings. The lowest BCUT2D eigenvalue weighted by Crippen LogP contribution is -2.26. The van der Waals surface area contributed by atoms with Crippen molar-refractivity contribution in [2.45, 2.75) is 26.0 Å². The quantitative estimate of drug-likeness (QED) is 0.644. The van der Waals surface area contributed by atoms with Crippen LogP contribution in [0.2, 0.25) is 0 Å². The Kier molecular flexibility index (Phi) is 5.67. The SMILES string of the molecule is C=C1NC(=O)C(C#Cc2ccc(-c3nc(-c4cccnc4)ccc3OC(C)C)cc2)N1. The fourth-order valence-corrected chi connectivity index (χ4v) is 3.14. The van der Waals surface area contributed by atoms with Crippen LogP contribution in [0, 0.1) is 11.8 Å². The average Bonchev–Trinajstić information content (AvgIpc) is 3.10. The van der Waals surface area contributed by atoms with E-state index in [2.05, 4.69) is 34.0 Å². The minimum absolute atomic E-state index is 0.0229. The number of hydrogen-bond donors (Lipinski definition) is 2. The molecule has 0 bridgehead atoms. The maximum Gasteiger partial charge on any atom is 0.260 e. The number of pyridine rings is 2. The van der Waals surface area contributed by atoms with Crippen molar-refractivity contribution >= 4 is 5.91 Å². The van der Waals surface area contributed by atoms with Crippen molar-refractivity contribution in [1.29, 1.82) is 0 Å². The molecule has 4 rings (SSSR count). The van der Waals surface area contributed by atoms with Crippen molar-refractivity contribution in [2.24, 2.45) is 0 Å². The van der Waals surface area contributed by atoms with Crippen molar-refractivity contribution in [3.63, 3.8) is 0 Å². The third-order valence-electron chi connectivity index (χ3n) is 4.55. The molecule has 0 radical (unpaired) electrons. The van der Waals surface area contributed by atoms with E-state index in [1.165, 1.54) is 0 Å². The Morgan fingerprint density at radius 3 is 2.55 bits per heavy atom. The molecule has 1 amide bonds. The molecule has 6 heteroatoms. The summed E-state index contributed by atoms with van der Waals surface area (Å²) in [5, 5.41) is 5.50. The second kappa shape index (κ2) is 8.72. The predicted molar refractivity (Wildman–Crippen MR) is 120 cm³/mol. The molecule has 31 heavy (non-hydrogen) atoms. The van der Waals surface area contributed by atoms with E-state index < -0.39 is 6.04 Å². The first-order valence-electron chi connectivity index (χ1n) is 9.96. The zero-order valence-corrected chi connectivity index (χ0v) is 17.3. The molecule has 1 aromatic carbocycles. The van der Waals surface area contributed by atoms with Crippen LogP contribution in [0.1, 0.15) is 19.4 Å². The number of hydrogen-bond acceptors (Lipinski definition) is 5. The van der Waals surface area contributed by atoms with Gasteiger partial charge in [-0.3, -0.25) is 9.78 Å². The van der Waals surface area contributed by atoms with Crippen LogP contribution in [0.4, 0.5) is 0 Å². The van der Waals surface area contributed by atoms with Gasteiger partial charge in [-0.2, -0.15) is 0 Å². The summed E-state index contributed by atoms with van der Waals surface area (Å²) in [6.07, 6.45) is 3.55. The Hall–Kier alpha value is -4.11. The molecule has 1 unspecified atom stereocenters. The van der Waals surface area contributed by atoms with Crippen molar-refractivity contribution in [3.05, 3.63) is 78.9 Å². The molecule has 1 aliphatic heterocycles. The Bertz CT molecular complexity index is 1180. The fraction of sp³-hybridized carbons (Fsp3) is 0.160. The topological polar surface area (TPSA) is 76.1 Å². The predicted octanol–water partition coefficient (Wildman–Crippen LogP) is 3.51. The van der Waals surface area contributed by atoms with Gasteiger partial charge < -0.3 is 15.4 Å². The summed E-state index contributed by atoms with van der Waals surface area (Å²) in [6, 6.07) is 14.9. The summed E-state index contributed by atoms with van der Waals surface area (Å²) < 4.78 is 5.99. The maximum absolute atomic E-state index is 11.8. The molecule has 0 saturated carbocycles. The lowest BCUT2D eigenvalue weighted by atomic mass is 10.1. The van der Waals surface area contributed by atoms with Gasteiger partial charge in [0.15, 0.2) is 6.04 Å². The van der Waals surface area contributed by atoms with E-state index in [1.54, 1.807) is 12.4 Å². The Balaban J connectivity index is 1.65. The highest BCUT2D eigenvalue weighted by Crippen LogP contribution is 2.32. The minimum atomic E-state index is -0.587. The van der Waals surface area contributed by atoms with E-state index in [9.17, 15) is 4.79 Å². The summed E-state index contributed by atoms with van der Waals surface area (Å²) in [7, 11) is 0. The number of rotatable bonds is 4. The molecule has 2 N–H and O–H groups in total. The van der Waals surface area contributed by atoms with Gasteiger partial charge in [-0.1, -0.05) is 30.6 Å². The molecule has 1 saturated heterocycles. The number of carbonyl (C=O) groups excluding carboxylic acids is 1.